The summed E-state index contributed by atoms with van der Waals surface area (Å²) in [5, 5.41) is 0. The zero-order chi connectivity index (χ0) is 12.1. The first-order chi connectivity index (χ1) is 7.61. The molecule has 1 unspecified atom stereocenters. The van der Waals surface area contributed by atoms with Crippen molar-refractivity contribution in [1.29, 1.82) is 0 Å². The molecule has 1 aliphatic rings. The van der Waals surface area contributed by atoms with Gasteiger partial charge in [0.1, 0.15) is 0 Å². The van der Waals surface area contributed by atoms with Crippen molar-refractivity contribution in [3.05, 3.63) is 23.8 Å². The molecule has 0 amide bonds. The van der Waals surface area contributed by atoms with Crippen LogP contribution in [-0.4, -0.2) is 25.2 Å². The highest BCUT2D eigenvalue weighted by molar-refractivity contribution is 5.97. The van der Waals surface area contributed by atoms with Crippen molar-refractivity contribution in [3.8, 4) is 0 Å². The summed E-state index contributed by atoms with van der Waals surface area (Å²) in [6, 6.07) is 0. The van der Waals surface area contributed by atoms with Gasteiger partial charge in [0.2, 0.25) is 0 Å². The smallest absolute Gasteiger partial charge is 0.338 e. The van der Waals surface area contributed by atoms with Crippen molar-refractivity contribution in [1.82, 2.24) is 0 Å². The molecule has 16 heavy (non-hydrogen) atoms. The van der Waals surface area contributed by atoms with Crippen molar-refractivity contribution in [2.75, 3.05) is 13.2 Å². The Labute approximate surface area is 94.9 Å². The van der Waals surface area contributed by atoms with Gasteiger partial charge in [-0.2, -0.15) is 0 Å². The largest absolute Gasteiger partial charge is 0.466 e. The van der Waals surface area contributed by atoms with Crippen LogP contribution in [0.25, 0.3) is 0 Å². The summed E-state index contributed by atoms with van der Waals surface area (Å²) >= 11 is 0. The van der Waals surface area contributed by atoms with Gasteiger partial charge in [-0.1, -0.05) is 12.7 Å². The number of esters is 2. The van der Waals surface area contributed by atoms with Gasteiger partial charge in [0.25, 0.3) is 0 Å². The predicted octanol–water partition coefficient (Wildman–Crippen LogP) is 1.62. The molecular formula is C12H16O4. The average Bonchev–Trinajstić information content (AvgIpc) is 2.61. The van der Waals surface area contributed by atoms with Crippen molar-refractivity contribution >= 4 is 11.9 Å². The first kappa shape index (κ1) is 12.5. The second-order valence-corrected chi connectivity index (χ2v) is 3.40. The molecule has 4 heteroatoms. The summed E-state index contributed by atoms with van der Waals surface area (Å²) in [6.07, 6.45) is 2.15. The first-order valence-corrected chi connectivity index (χ1v) is 5.34. The van der Waals surface area contributed by atoms with E-state index in [4.69, 9.17) is 9.47 Å². The number of carbonyl (C=O) groups is 2. The molecule has 0 aliphatic heterocycles. The lowest BCUT2D eigenvalue weighted by Crippen LogP contribution is -2.18. The van der Waals surface area contributed by atoms with E-state index in [1.54, 1.807) is 19.9 Å². The Bertz CT molecular complexity index is 341. The lowest BCUT2D eigenvalue weighted by Gasteiger charge is -2.11. The summed E-state index contributed by atoms with van der Waals surface area (Å²) in [5.74, 6) is -1.18. The van der Waals surface area contributed by atoms with E-state index in [0.29, 0.717) is 30.8 Å². The van der Waals surface area contributed by atoms with Crippen molar-refractivity contribution < 1.29 is 19.1 Å². The molecule has 1 rings (SSSR count). The van der Waals surface area contributed by atoms with Gasteiger partial charge in [0, 0.05) is 0 Å². The molecule has 0 spiro atoms. The highest BCUT2D eigenvalue weighted by Crippen LogP contribution is 2.31. The molecule has 0 N–H and O–H groups in total. The van der Waals surface area contributed by atoms with Gasteiger partial charge in [-0.25, -0.2) is 4.79 Å². The third-order valence-corrected chi connectivity index (χ3v) is 2.39. The number of ether oxygens (including phenoxy) is 2. The standard InChI is InChI=1S/C12H16O4/c1-4-15-11(13)9-6-7-10(8(9)3)12(14)16-5-2/h6,10H,3-5,7H2,1-2H3. The maximum Gasteiger partial charge on any atom is 0.338 e. The van der Waals surface area contributed by atoms with E-state index in [-0.39, 0.29) is 5.97 Å². The number of allylic oxidation sites excluding steroid dienone is 1. The summed E-state index contributed by atoms with van der Waals surface area (Å²) in [4.78, 5) is 23.0. The molecule has 88 valence electrons. The number of rotatable bonds is 4. The van der Waals surface area contributed by atoms with E-state index in [1.165, 1.54) is 0 Å². The summed E-state index contributed by atoms with van der Waals surface area (Å²) in [5.41, 5.74) is 0.900. The molecule has 1 aliphatic carbocycles. The number of hydrogen-bond acceptors (Lipinski definition) is 4. The molecule has 0 heterocycles. The first-order valence-electron chi connectivity index (χ1n) is 5.34. The zero-order valence-electron chi connectivity index (χ0n) is 9.62. The second kappa shape index (κ2) is 5.49. The van der Waals surface area contributed by atoms with Gasteiger partial charge in [-0.15, -0.1) is 0 Å². The minimum Gasteiger partial charge on any atom is -0.466 e. The van der Waals surface area contributed by atoms with Crippen LogP contribution in [0, 0.1) is 5.92 Å². The van der Waals surface area contributed by atoms with Gasteiger partial charge in [0.05, 0.1) is 24.7 Å². The van der Waals surface area contributed by atoms with Crippen LogP contribution in [0.15, 0.2) is 23.8 Å². The Morgan fingerprint density at radius 3 is 2.56 bits per heavy atom. The Morgan fingerprint density at radius 1 is 1.38 bits per heavy atom. The number of carbonyl (C=O) groups excluding carboxylic acids is 2. The van der Waals surface area contributed by atoms with Crippen LogP contribution in [0.3, 0.4) is 0 Å². The quantitative estimate of drug-likeness (QED) is 0.681. The van der Waals surface area contributed by atoms with Crippen molar-refractivity contribution in [2.24, 2.45) is 5.92 Å². The monoisotopic (exact) mass is 224 g/mol. The summed E-state index contributed by atoms with van der Waals surface area (Å²) in [7, 11) is 0. The van der Waals surface area contributed by atoms with E-state index in [1.807, 2.05) is 0 Å². The highest BCUT2D eigenvalue weighted by Gasteiger charge is 2.32. The molecule has 1 atom stereocenters. The lowest BCUT2D eigenvalue weighted by molar-refractivity contribution is -0.146. The van der Waals surface area contributed by atoms with Gasteiger partial charge >= 0.3 is 11.9 Å². The Balaban J connectivity index is 2.65. The van der Waals surface area contributed by atoms with Crippen LogP contribution in [-0.2, 0) is 19.1 Å². The molecule has 0 bridgehead atoms. The Morgan fingerprint density at radius 2 is 2.00 bits per heavy atom. The van der Waals surface area contributed by atoms with Gasteiger partial charge in [0.15, 0.2) is 0 Å². The fourth-order valence-electron chi connectivity index (χ4n) is 1.60. The van der Waals surface area contributed by atoms with Crippen LogP contribution >= 0.6 is 0 Å². The highest BCUT2D eigenvalue weighted by atomic mass is 16.5. The van der Waals surface area contributed by atoms with Crippen molar-refractivity contribution in [2.45, 2.75) is 20.3 Å². The van der Waals surface area contributed by atoms with E-state index in [0.717, 1.165) is 0 Å². The maximum atomic E-state index is 11.5. The molecule has 0 aromatic rings. The van der Waals surface area contributed by atoms with Gasteiger partial charge in [-0.3, -0.25) is 4.79 Å². The third-order valence-electron chi connectivity index (χ3n) is 2.39. The maximum absolute atomic E-state index is 11.5. The van der Waals surface area contributed by atoms with E-state index in [9.17, 15) is 9.59 Å². The lowest BCUT2D eigenvalue weighted by atomic mass is 10.0. The molecule has 0 aromatic carbocycles. The normalized spacial score (nSPS) is 19.2. The van der Waals surface area contributed by atoms with Gasteiger partial charge in [-0.05, 0) is 25.8 Å². The molecule has 0 aromatic heterocycles. The molecule has 0 saturated carbocycles. The molecule has 0 saturated heterocycles. The fourth-order valence-corrected chi connectivity index (χ4v) is 1.60. The van der Waals surface area contributed by atoms with E-state index < -0.39 is 11.9 Å². The topological polar surface area (TPSA) is 52.6 Å². The second-order valence-electron chi connectivity index (χ2n) is 3.40. The molecule has 0 radical (unpaired) electrons. The van der Waals surface area contributed by atoms with Crippen LogP contribution < -0.4 is 0 Å². The average molecular weight is 224 g/mol. The van der Waals surface area contributed by atoms with Crippen molar-refractivity contribution in [3.63, 3.8) is 0 Å². The fraction of sp³-hybridized carbons (Fsp3) is 0.500. The number of hydrogen-bond donors (Lipinski definition) is 0. The molecular weight excluding hydrogens is 208 g/mol. The molecule has 4 nitrogen and oxygen atoms in total. The van der Waals surface area contributed by atoms with E-state index in [2.05, 4.69) is 6.58 Å². The summed E-state index contributed by atoms with van der Waals surface area (Å²) < 4.78 is 9.76. The zero-order valence-corrected chi connectivity index (χ0v) is 9.62. The SMILES string of the molecule is C=C1C(C(=O)OCC)=CCC1C(=O)OCC. The third kappa shape index (κ3) is 2.51. The van der Waals surface area contributed by atoms with E-state index >= 15 is 0 Å². The van der Waals surface area contributed by atoms with Crippen LogP contribution in [0.2, 0.25) is 0 Å². The Hall–Kier alpha value is -1.58. The Kier molecular flexibility index (Phi) is 4.28. The van der Waals surface area contributed by atoms with Crippen LogP contribution in [0.1, 0.15) is 20.3 Å². The molecule has 0 fully saturated rings. The van der Waals surface area contributed by atoms with Crippen LogP contribution in [0.5, 0.6) is 0 Å². The summed E-state index contributed by atoms with van der Waals surface area (Å²) in [6.45, 7) is 7.88. The van der Waals surface area contributed by atoms with Crippen LogP contribution in [0.4, 0.5) is 0 Å². The van der Waals surface area contributed by atoms with Gasteiger partial charge < -0.3 is 9.47 Å². The predicted molar refractivity (Wildman–Crippen MR) is 58.6 cm³/mol. The minimum absolute atomic E-state index is 0.313. The minimum atomic E-state index is -0.431.